The summed E-state index contributed by atoms with van der Waals surface area (Å²) in [7, 11) is 1.67. The van der Waals surface area contributed by atoms with Crippen LogP contribution in [0.1, 0.15) is 95.1 Å². The molecule has 6 heteroatoms. The van der Waals surface area contributed by atoms with Gasteiger partial charge in [-0.25, -0.2) is 4.79 Å². The summed E-state index contributed by atoms with van der Waals surface area (Å²) in [4.78, 5) is 14.5. The van der Waals surface area contributed by atoms with Crippen LogP contribution in [0, 0.1) is 0 Å². The van der Waals surface area contributed by atoms with Crippen molar-refractivity contribution in [3.8, 4) is 5.75 Å². The molecule has 0 fully saturated rings. The zero-order chi connectivity index (χ0) is 27.5. The van der Waals surface area contributed by atoms with E-state index in [-0.39, 0.29) is 6.03 Å². The van der Waals surface area contributed by atoms with Gasteiger partial charge < -0.3 is 10.1 Å². The van der Waals surface area contributed by atoms with Gasteiger partial charge in [-0.2, -0.15) is 4.57 Å². The van der Waals surface area contributed by atoms with Crippen LogP contribution in [-0.4, -0.2) is 19.7 Å². The number of nitrogens with zero attached hydrogens (tertiary/aromatic N) is 2. The van der Waals surface area contributed by atoms with Gasteiger partial charge in [0.25, 0.3) is 0 Å². The lowest BCUT2D eigenvalue weighted by atomic mass is 10.1. The zero-order valence-electron chi connectivity index (χ0n) is 24.1. The second-order valence-electron chi connectivity index (χ2n) is 10.4. The standard InChI is InChI=1S/C33H47N3O2S/c1-3-4-5-6-7-8-9-10-11-12-13-14-23-38-32-17-15-16-30(25-32)27-36(33(37)34-2)31-20-18-29(19-21-31)26-35-22-24-39-28-35/h15-22,24-25,28H,3-14,23,26-27H2,1-2H3/p+1. The number of thiazole rings is 1. The fraction of sp³-hybridized carbons (Fsp3) is 0.515. The minimum absolute atomic E-state index is 0.127. The molecule has 3 rings (SSSR count). The van der Waals surface area contributed by atoms with Crippen LogP contribution in [0.25, 0.3) is 0 Å². The van der Waals surface area contributed by atoms with Crippen LogP contribution in [0.15, 0.2) is 65.6 Å². The van der Waals surface area contributed by atoms with Gasteiger partial charge in [0.05, 0.1) is 18.5 Å². The highest BCUT2D eigenvalue weighted by atomic mass is 32.1. The number of hydrogen-bond donors (Lipinski definition) is 1. The van der Waals surface area contributed by atoms with E-state index in [0.717, 1.165) is 36.6 Å². The molecule has 0 aliphatic heterocycles. The number of rotatable bonds is 19. The first kappa shape index (κ1) is 30.7. The average Bonchev–Trinajstić information content (AvgIpc) is 3.48. The molecule has 3 aromatic rings. The van der Waals surface area contributed by atoms with Crippen LogP contribution in [0.3, 0.4) is 0 Å². The monoisotopic (exact) mass is 550 g/mol. The van der Waals surface area contributed by atoms with Crippen molar-refractivity contribution in [2.45, 2.75) is 97.1 Å². The molecule has 39 heavy (non-hydrogen) atoms. The summed E-state index contributed by atoms with van der Waals surface area (Å²) in [5.74, 6) is 0.871. The predicted molar refractivity (Wildman–Crippen MR) is 164 cm³/mol. The Morgan fingerprint density at radius 2 is 1.54 bits per heavy atom. The van der Waals surface area contributed by atoms with Gasteiger partial charge in [0, 0.05) is 18.3 Å². The number of carbonyl (C=O) groups excluding carboxylic acids is 1. The Labute approximate surface area is 240 Å². The summed E-state index contributed by atoms with van der Waals surface area (Å²) in [5.41, 5.74) is 5.21. The largest absolute Gasteiger partial charge is 0.494 e. The fourth-order valence-corrected chi connectivity index (χ4v) is 5.41. The number of anilines is 1. The van der Waals surface area contributed by atoms with E-state index < -0.39 is 0 Å². The summed E-state index contributed by atoms with van der Waals surface area (Å²) < 4.78 is 8.21. The maximum atomic E-state index is 12.7. The summed E-state index contributed by atoms with van der Waals surface area (Å²) in [6.07, 6.45) is 18.1. The van der Waals surface area contributed by atoms with Crippen LogP contribution in [0.5, 0.6) is 5.75 Å². The Kier molecular flexibility index (Phi) is 14.5. The Morgan fingerprint density at radius 3 is 2.15 bits per heavy atom. The number of unbranched alkanes of at least 4 members (excludes halogenated alkanes) is 11. The third-order valence-corrected chi connectivity index (χ3v) is 7.78. The summed E-state index contributed by atoms with van der Waals surface area (Å²) in [6, 6.07) is 16.2. The van der Waals surface area contributed by atoms with Crippen molar-refractivity contribution in [1.82, 2.24) is 5.32 Å². The molecule has 0 aliphatic rings. The smallest absolute Gasteiger partial charge is 0.321 e. The van der Waals surface area contributed by atoms with E-state index in [1.165, 1.54) is 76.2 Å². The zero-order valence-corrected chi connectivity index (χ0v) is 24.9. The molecule has 1 aromatic heterocycles. The van der Waals surface area contributed by atoms with Gasteiger partial charge in [0.2, 0.25) is 5.51 Å². The maximum absolute atomic E-state index is 12.7. The van der Waals surface area contributed by atoms with E-state index in [4.69, 9.17) is 4.74 Å². The first-order valence-corrected chi connectivity index (χ1v) is 15.8. The van der Waals surface area contributed by atoms with Gasteiger partial charge in [-0.05, 0) is 36.2 Å². The molecular formula is C33H48N3O2S+. The van der Waals surface area contributed by atoms with Gasteiger partial charge in [-0.3, -0.25) is 4.90 Å². The number of ether oxygens (including phenoxy) is 1. The second-order valence-corrected chi connectivity index (χ2v) is 11.1. The highest BCUT2D eigenvalue weighted by molar-refractivity contribution is 7.07. The molecule has 212 valence electrons. The Hall–Kier alpha value is -2.86. The molecule has 2 amide bonds. The van der Waals surface area contributed by atoms with E-state index in [1.54, 1.807) is 23.3 Å². The van der Waals surface area contributed by atoms with Crippen LogP contribution in [-0.2, 0) is 13.1 Å². The lowest BCUT2D eigenvalue weighted by Gasteiger charge is -2.23. The maximum Gasteiger partial charge on any atom is 0.321 e. The molecule has 0 bridgehead atoms. The first-order chi connectivity index (χ1) is 19.2. The minimum atomic E-state index is -0.127. The summed E-state index contributed by atoms with van der Waals surface area (Å²) in [5, 5.41) is 4.85. The van der Waals surface area contributed by atoms with Crippen LogP contribution < -0.4 is 19.5 Å². The van der Waals surface area contributed by atoms with Gasteiger partial charge in [-0.15, -0.1) is 0 Å². The molecule has 2 aromatic carbocycles. The summed E-state index contributed by atoms with van der Waals surface area (Å²) >= 11 is 1.68. The second kappa shape index (κ2) is 18.4. The number of urea groups is 1. The molecule has 5 nitrogen and oxygen atoms in total. The van der Waals surface area contributed by atoms with Gasteiger partial charge in [0.1, 0.15) is 5.75 Å². The van der Waals surface area contributed by atoms with E-state index in [1.807, 2.05) is 30.3 Å². The van der Waals surface area contributed by atoms with Crippen LogP contribution in [0.2, 0.25) is 0 Å². The molecule has 0 aliphatic carbocycles. The highest BCUT2D eigenvalue weighted by Crippen LogP contribution is 2.21. The van der Waals surface area contributed by atoms with Crippen LogP contribution in [0.4, 0.5) is 10.5 Å². The van der Waals surface area contributed by atoms with Crippen molar-refractivity contribution in [3.05, 3.63) is 76.7 Å². The van der Waals surface area contributed by atoms with Crippen molar-refractivity contribution in [3.63, 3.8) is 0 Å². The van der Waals surface area contributed by atoms with Crippen molar-refractivity contribution >= 4 is 23.1 Å². The quantitative estimate of drug-likeness (QED) is 0.120. The number of carbonyl (C=O) groups is 1. The highest BCUT2D eigenvalue weighted by Gasteiger charge is 2.16. The van der Waals surface area contributed by atoms with Crippen molar-refractivity contribution in [2.75, 3.05) is 18.6 Å². The molecule has 0 saturated carbocycles. The average molecular weight is 551 g/mol. The summed E-state index contributed by atoms with van der Waals surface area (Å²) in [6.45, 7) is 4.32. The van der Waals surface area contributed by atoms with Crippen molar-refractivity contribution < 1.29 is 14.1 Å². The van der Waals surface area contributed by atoms with E-state index in [0.29, 0.717) is 6.54 Å². The number of benzene rings is 2. The van der Waals surface area contributed by atoms with E-state index in [2.05, 4.69) is 52.1 Å². The van der Waals surface area contributed by atoms with Gasteiger partial charge in [0.15, 0.2) is 12.7 Å². The van der Waals surface area contributed by atoms with Crippen molar-refractivity contribution in [2.24, 2.45) is 0 Å². The first-order valence-electron chi connectivity index (χ1n) is 14.9. The third kappa shape index (κ3) is 11.8. The van der Waals surface area contributed by atoms with Gasteiger partial charge >= 0.3 is 6.03 Å². The van der Waals surface area contributed by atoms with E-state index >= 15 is 0 Å². The fourth-order valence-electron chi connectivity index (χ4n) is 4.81. The van der Waals surface area contributed by atoms with Crippen molar-refractivity contribution in [1.29, 1.82) is 0 Å². The van der Waals surface area contributed by atoms with Gasteiger partial charge in [-0.1, -0.05) is 113 Å². The Bertz CT molecular complexity index is 1050. The SMILES string of the molecule is CCCCCCCCCCCCCCOc1cccc(CN(C(=O)NC)c2ccc(C[n+]3ccsc3)cc2)c1. The lowest BCUT2D eigenvalue weighted by molar-refractivity contribution is -0.683. The Balaban J connectivity index is 1.38. The third-order valence-electron chi connectivity index (χ3n) is 7.11. The topological polar surface area (TPSA) is 45.5 Å². The molecule has 0 unspecified atom stereocenters. The molecule has 1 heterocycles. The normalized spacial score (nSPS) is 10.9. The van der Waals surface area contributed by atoms with E-state index in [9.17, 15) is 4.79 Å². The number of nitrogens with one attached hydrogen (secondary N) is 1. The molecule has 0 atom stereocenters. The molecule has 0 saturated heterocycles. The molecular weight excluding hydrogens is 502 g/mol. The Morgan fingerprint density at radius 1 is 0.872 bits per heavy atom. The number of hydrogen-bond acceptors (Lipinski definition) is 3. The minimum Gasteiger partial charge on any atom is -0.494 e. The molecule has 0 spiro atoms. The molecule has 1 N–H and O–H groups in total. The number of aromatic nitrogens is 1. The van der Waals surface area contributed by atoms with Crippen LogP contribution >= 0.6 is 11.3 Å². The lowest BCUT2D eigenvalue weighted by Crippen LogP contribution is -2.37. The predicted octanol–water partition coefficient (Wildman–Crippen LogP) is 8.51. The number of amides is 2. The molecule has 0 radical (unpaired) electrons.